The van der Waals surface area contributed by atoms with Gasteiger partial charge in [0.05, 0.1) is 31.7 Å². The molecule has 12 heteroatoms. The van der Waals surface area contributed by atoms with Crippen molar-refractivity contribution in [2.75, 3.05) is 25.7 Å². The molecule has 0 spiro atoms. The highest BCUT2D eigenvalue weighted by atomic mass is 19.1. The topological polar surface area (TPSA) is 116 Å². The third kappa shape index (κ3) is 5.09. The number of imide groups is 1. The summed E-state index contributed by atoms with van der Waals surface area (Å²) in [7, 11) is 3.23. The van der Waals surface area contributed by atoms with Gasteiger partial charge < -0.3 is 9.47 Å². The van der Waals surface area contributed by atoms with Crippen LogP contribution < -0.4 is 14.4 Å². The number of carbonyl (C=O) groups excluding carboxylic acids is 3. The molecule has 0 radical (unpaired) electrons. The van der Waals surface area contributed by atoms with Crippen LogP contribution >= 0.6 is 0 Å². The number of hydrogen-bond acceptors (Lipinski definition) is 9. The summed E-state index contributed by atoms with van der Waals surface area (Å²) >= 11 is 0. The maximum atomic E-state index is 14.1. The number of amides is 3. The molecular formula is C34H31FN6O5. The zero-order chi connectivity index (χ0) is 31.9. The molecule has 1 saturated carbocycles. The van der Waals surface area contributed by atoms with E-state index in [4.69, 9.17) is 14.6 Å². The maximum absolute atomic E-state index is 14.1. The molecule has 1 saturated heterocycles. The molecule has 46 heavy (non-hydrogen) atoms. The summed E-state index contributed by atoms with van der Waals surface area (Å²) in [5, 5.41) is 15.8. The van der Waals surface area contributed by atoms with Crippen molar-refractivity contribution in [1.82, 2.24) is 10.0 Å². The Bertz CT molecular complexity index is 1790. The van der Waals surface area contributed by atoms with Gasteiger partial charge in [0, 0.05) is 5.92 Å². The van der Waals surface area contributed by atoms with E-state index in [1.165, 1.54) is 28.2 Å². The quantitative estimate of drug-likeness (QED) is 0.344. The normalized spacial score (nSPS) is 24.4. The smallest absolute Gasteiger partial charge is 0.264 e. The lowest BCUT2D eigenvalue weighted by molar-refractivity contribution is -0.136. The number of ether oxygens (including phenoxy) is 2. The SMILES string of the molecule is COc1ccc(C=C2CCCC3C2=NN(C(=O)CN2N=NC4C(=O)N(c5cccc(F)c5)C(=O)C42)C3c2ccc(OC)cc2)cc1. The fourth-order valence-corrected chi connectivity index (χ4v) is 6.68. The Morgan fingerprint density at radius 3 is 2.37 bits per heavy atom. The van der Waals surface area contributed by atoms with Gasteiger partial charge in [-0.1, -0.05) is 35.6 Å². The van der Waals surface area contributed by atoms with E-state index in [9.17, 15) is 18.8 Å². The first-order valence-electron chi connectivity index (χ1n) is 15.1. The van der Waals surface area contributed by atoms with Crippen molar-refractivity contribution in [3.8, 4) is 11.5 Å². The fraction of sp³-hybridized carbons (Fsp3) is 0.294. The van der Waals surface area contributed by atoms with Crippen LogP contribution in [0.5, 0.6) is 11.5 Å². The summed E-state index contributed by atoms with van der Waals surface area (Å²) in [6.45, 7) is -0.325. The van der Waals surface area contributed by atoms with Crippen molar-refractivity contribution in [1.29, 1.82) is 0 Å². The molecule has 11 nitrogen and oxygen atoms in total. The van der Waals surface area contributed by atoms with Crippen LogP contribution in [0.4, 0.5) is 10.1 Å². The monoisotopic (exact) mass is 622 g/mol. The molecule has 1 aliphatic carbocycles. The summed E-state index contributed by atoms with van der Waals surface area (Å²) in [5.74, 6) is -0.797. The highest BCUT2D eigenvalue weighted by molar-refractivity contribution is 6.25. The van der Waals surface area contributed by atoms with E-state index < -0.39 is 41.7 Å². The summed E-state index contributed by atoms with van der Waals surface area (Å²) in [6.07, 6.45) is 4.68. The van der Waals surface area contributed by atoms with Gasteiger partial charge in [-0.05, 0) is 84.5 Å². The predicted molar refractivity (Wildman–Crippen MR) is 166 cm³/mol. The number of benzene rings is 3. The molecule has 4 atom stereocenters. The molecule has 3 aliphatic heterocycles. The van der Waals surface area contributed by atoms with Crippen LogP contribution in [-0.4, -0.2) is 66.3 Å². The third-order valence-corrected chi connectivity index (χ3v) is 8.89. The zero-order valence-electron chi connectivity index (χ0n) is 25.2. The van der Waals surface area contributed by atoms with Crippen molar-refractivity contribution in [3.05, 3.63) is 95.3 Å². The summed E-state index contributed by atoms with van der Waals surface area (Å²) in [5.41, 5.74) is 3.91. The van der Waals surface area contributed by atoms with Crippen LogP contribution in [-0.2, 0) is 14.4 Å². The molecule has 3 aromatic rings. The molecule has 0 bridgehead atoms. The van der Waals surface area contributed by atoms with Gasteiger partial charge in [-0.3, -0.25) is 19.4 Å². The number of hydrazone groups is 1. The van der Waals surface area contributed by atoms with Gasteiger partial charge in [0.2, 0.25) is 0 Å². The van der Waals surface area contributed by atoms with E-state index in [-0.39, 0.29) is 18.2 Å². The van der Waals surface area contributed by atoms with E-state index in [0.29, 0.717) is 5.75 Å². The van der Waals surface area contributed by atoms with Gasteiger partial charge in [0.25, 0.3) is 17.7 Å². The Balaban J connectivity index is 1.19. The summed E-state index contributed by atoms with van der Waals surface area (Å²) < 4.78 is 24.6. The molecular weight excluding hydrogens is 591 g/mol. The molecule has 4 aliphatic rings. The van der Waals surface area contributed by atoms with Crippen molar-refractivity contribution < 1.29 is 28.2 Å². The van der Waals surface area contributed by atoms with Crippen LogP contribution in [0, 0.1) is 11.7 Å². The van der Waals surface area contributed by atoms with E-state index in [0.717, 1.165) is 58.4 Å². The molecule has 7 rings (SSSR count). The van der Waals surface area contributed by atoms with Gasteiger partial charge in [0.15, 0.2) is 12.1 Å². The Kier molecular flexibility index (Phi) is 7.55. The average Bonchev–Trinajstić information content (AvgIpc) is 3.74. The molecule has 3 heterocycles. The first-order chi connectivity index (χ1) is 22.4. The highest BCUT2D eigenvalue weighted by Crippen LogP contribution is 2.45. The number of fused-ring (bicyclic) bond motifs is 2. The average molecular weight is 623 g/mol. The number of rotatable bonds is 7. The molecule has 0 aromatic heterocycles. The zero-order valence-corrected chi connectivity index (χ0v) is 25.2. The number of carbonyl (C=O) groups is 3. The molecule has 4 unspecified atom stereocenters. The Morgan fingerprint density at radius 2 is 1.67 bits per heavy atom. The highest BCUT2D eigenvalue weighted by Gasteiger charge is 2.55. The van der Waals surface area contributed by atoms with Crippen LogP contribution in [0.15, 0.2) is 93.8 Å². The number of halogens is 1. The fourth-order valence-electron chi connectivity index (χ4n) is 6.68. The van der Waals surface area contributed by atoms with Gasteiger partial charge in [-0.15, -0.1) is 0 Å². The van der Waals surface area contributed by atoms with E-state index >= 15 is 0 Å². The lowest BCUT2D eigenvalue weighted by atomic mass is 9.77. The first kappa shape index (κ1) is 29.3. The van der Waals surface area contributed by atoms with Crippen LogP contribution in [0.1, 0.15) is 36.4 Å². The minimum Gasteiger partial charge on any atom is -0.497 e. The minimum absolute atomic E-state index is 0.0540. The molecule has 3 aromatic carbocycles. The molecule has 2 fully saturated rings. The van der Waals surface area contributed by atoms with E-state index in [1.807, 2.05) is 48.5 Å². The van der Waals surface area contributed by atoms with Gasteiger partial charge in [0.1, 0.15) is 23.9 Å². The van der Waals surface area contributed by atoms with E-state index in [1.54, 1.807) is 14.2 Å². The second-order valence-corrected chi connectivity index (χ2v) is 11.6. The minimum atomic E-state index is -1.12. The van der Waals surface area contributed by atoms with E-state index in [2.05, 4.69) is 16.4 Å². The Morgan fingerprint density at radius 1 is 0.957 bits per heavy atom. The molecule has 234 valence electrons. The van der Waals surface area contributed by atoms with Gasteiger partial charge in [-0.25, -0.2) is 14.3 Å². The number of hydrogen-bond donors (Lipinski definition) is 0. The largest absolute Gasteiger partial charge is 0.497 e. The van der Waals surface area contributed by atoms with Crippen LogP contribution in [0.3, 0.4) is 0 Å². The van der Waals surface area contributed by atoms with Gasteiger partial charge >= 0.3 is 0 Å². The number of methoxy groups -OCH3 is 2. The Labute approximate surface area is 264 Å². The van der Waals surface area contributed by atoms with Crippen molar-refractivity contribution in [2.45, 2.75) is 37.4 Å². The van der Waals surface area contributed by atoms with Crippen LogP contribution in [0.25, 0.3) is 6.08 Å². The lowest BCUT2D eigenvalue weighted by Gasteiger charge is -2.30. The predicted octanol–water partition coefficient (Wildman–Crippen LogP) is 4.96. The maximum Gasteiger partial charge on any atom is 0.264 e. The standard InChI is InChI=1S/C34H31FN6O5/c1-45-25-13-9-20(10-14-25)17-22-5-3-8-27-29(22)37-41(31(27)21-11-15-26(46-2)16-12-21)28(42)19-39-32-30(36-38-39)33(43)40(34(32)44)24-7-4-6-23(35)18-24/h4,6-7,9-18,27,30-32H,3,5,8,19H2,1-2H3. The second-order valence-electron chi connectivity index (χ2n) is 11.6. The van der Waals surface area contributed by atoms with Crippen molar-refractivity contribution >= 4 is 35.2 Å². The molecule has 0 N–H and O–H groups in total. The molecule has 3 amide bonds. The number of nitrogens with zero attached hydrogens (tertiary/aromatic N) is 6. The van der Waals surface area contributed by atoms with Crippen molar-refractivity contribution in [2.24, 2.45) is 21.4 Å². The second kappa shape index (κ2) is 11.8. The number of anilines is 1. The van der Waals surface area contributed by atoms with Crippen molar-refractivity contribution in [3.63, 3.8) is 0 Å². The van der Waals surface area contributed by atoms with Gasteiger partial charge in [-0.2, -0.15) is 10.2 Å². The Hall–Kier alpha value is -5.39. The number of allylic oxidation sites excluding steroid dienone is 1. The third-order valence-electron chi connectivity index (χ3n) is 8.89. The lowest BCUT2D eigenvalue weighted by Crippen LogP contribution is -2.45. The van der Waals surface area contributed by atoms with Crippen LogP contribution in [0.2, 0.25) is 0 Å². The summed E-state index contributed by atoms with van der Waals surface area (Å²) in [4.78, 5) is 41.6. The summed E-state index contributed by atoms with van der Waals surface area (Å²) in [6, 6.07) is 18.0. The first-order valence-corrected chi connectivity index (χ1v) is 15.1.